The molecular formula is C46H28N4O. The van der Waals surface area contributed by atoms with E-state index in [-0.39, 0.29) is 0 Å². The van der Waals surface area contributed by atoms with Crippen LogP contribution in [0.25, 0.3) is 100 Å². The first-order valence-corrected chi connectivity index (χ1v) is 17.0. The number of benzene rings is 7. The Morgan fingerprint density at radius 2 is 1.02 bits per heavy atom. The van der Waals surface area contributed by atoms with Gasteiger partial charge in [0.05, 0.1) is 5.52 Å². The fourth-order valence-electron chi connectivity index (χ4n) is 7.05. The van der Waals surface area contributed by atoms with Crippen molar-refractivity contribution in [2.45, 2.75) is 0 Å². The Kier molecular flexibility index (Phi) is 6.74. The zero-order chi connectivity index (χ0) is 33.7. The first-order chi connectivity index (χ1) is 25.2. The molecule has 0 spiro atoms. The minimum absolute atomic E-state index is 0.514. The maximum absolute atomic E-state index is 6.10. The minimum Gasteiger partial charge on any atom is -0.456 e. The number of pyridine rings is 1. The van der Waals surface area contributed by atoms with Gasteiger partial charge < -0.3 is 4.42 Å². The van der Waals surface area contributed by atoms with Crippen LogP contribution in [-0.2, 0) is 0 Å². The van der Waals surface area contributed by atoms with Crippen LogP contribution in [0.15, 0.2) is 174 Å². The van der Waals surface area contributed by atoms with Gasteiger partial charge in [0.25, 0.3) is 0 Å². The van der Waals surface area contributed by atoms with Gasteiger partial charge in [0.15, 0.2) is 17.5 Å². The molecule has 0 bridgehead atoms. The Hall–Kier alpha value is -6.98. The van der Waals surface area contributed by atoms with Gasteiger partial charge in [-0.3, -0.25) is 0 Å². The molecule has 0 aliphatic heterocycles. The van der Waals surface area contributed by atoms with Crippen LogP contribution in [0.1, 0.15) is 0 Å². The Morgan fingerprint density at radius 3 is 1.86 bits per heavy atom. The number of hydrogen-bond donors (Lipinski definition) is 0. The second-order valence-corrected chi connectivity index (χ2v) is 12.7. The first kappa shape index (κ1) is 29.0. The van der Waals surface area contributed by atoms with Gasteiger partial charge in [0, 0.05) is 27.3 Å². The summed E-state index contributed by atoms with van der Waals surface area (Å²) in [7, 11) is 0. The van der Waals surface area contributed by atoms with Gasteiger partial charge in [-0.15, -0.1) is 0 Å². The van der Waals surface area contributed by atoms with E-state index in [1.54, 1.807) is 0 Å². The van der Waals surface area contributed by atoms with Crippen LogP contribution in [0.5, 0.6) is 0 Å². The van der Waals surface area contributed by atoms with Crippen molar-refractivity contribution >= 4 is 43.6 Å². The van der Waals surface area contributed by atoms with Crippen LogP contribution in [-0.4, -0.2) is 19.9 Å². The molecule has 3 aromatic heterocycles. The Labute approximate surface area is 293 Å². The molecule has 3 heterocycles. The van der Waals surface area contributed by atoms with Gasteiger partial charge in [-0.2, -0.15) is 0 Å². The predicted octanol–water partition coefficient (Wildman–Crippen LogP) is 11.8. The molecule has 0 atom stereocenters. The van der Waals surface area contributed by atoms with Crippen LogP contribution >= 0.6 is 0 Å². The third-order valence-corrected chi connectivity index (χ3v) is 9.52. The highest BCUT2D eigenvalue weighted by atomic mass is 16.3. The van der Waals surface area contributed by atoms with Crippen molar-refractivity contribution in [1.29, 1.82) is 0 Å². The number of para-hydroxylation sites is 1. The lowest BCUT2D eigenvalue weighted by atomic mass is 9.91. The summed E-state index contributed by atoms with van der Waals surface area (Å²) in [5.74, 6) is 1.68. The molecule has 0 aliphatic carbocycles. The molecule has 0 radical (unpaired) electrons. The van der Waals surface area contributed by atoms with Crippen molar-refractivity contribution in [2.75, 3.05) is 0 Å². The smallest absolute Gasteiger partial charge is 0.182 e. The van der Waals surface area contributed by atoms with Gasteiger partial charge in [-0.05, 0) is 87.6 Å². The zero-order valence-electron chi connectivity index (χ0n) is 27.4. The molecule has 10 rings (SSSR count). The molecule has 0 fully saturated rings. The monoisotopic (exact) mass is 652 g/mol. The zero-order valence-corrected chi connectivity index (χ0v) is 27.4. The van der Waals surface area contributed by atoms with E-state index in [0.29, 0.717) is 23.2 Å². The molecule has 0 saturated heterocycles. The van der Waals surface area contributed by atoms with Crippen LogP contribution in [0.4, 0.5) is 0 Å². The molecule has 0 N–H and O–H groups in total. The summed E-state index contributed by atoms with van der Waals surface area (Å²) in [5.41, 5.74) is 9.67. The van der Waals surface area contributed by atoms with E-state index in [1.165, 1.54) is 21.9 Å². The van der Waals surface area contributed by atoms with E-state index in [9.17, 15) is 0 Å². The van der Waals surface area contributed by atoms with Crippen LogP contribution in [0, 0.1) is 0 Å². The molecule has 0 unspecified atom stereocenters. The maximum atomic E-state index is 6.10. The number of rotatable bonds is 5. The van der Waals surface area contributed by atoms with Crippen molar-refractivity contribution in [1.82, 2.24) is 19.9 Å². The molecule has 0 amide bonds. The highest BCUT2D eigenvalue weighted by Gasteiger charge is 2.17. The van der Waals surface area contributed by atoms with Crippen molar-refractivity contribution in [3.8, 4) is 56.5 Å². The highest BCUT2D eigenvalue weighted by Crippen LogP contribution is 2.37. The number of hydrogen-bond acceptors (Lipinski definition) is 5. The summed E-state index contributed by atoms with van der Waals surface area (Å²) in [5, 5.41) is 5.56. The first-order valence-electron chi connectivity index (χ1n) is 17.0. The molecule has 0 saturated carbocycles. The lowest BCUT2D eigenvalue weighted by Gasteiger charge is -2.13. The van der Waals surface area contributed by atoms with Crippen LogP contribution < -0.4 is 0 Å². The molecule has 7 aromatic carbocycles. The molecule has 51 heavy (non-hydrogen) atoms. The van der Waals surface area contributed by atoms with Crippen LogP contribution in [0.3, 0.4) is 0 Å². The molecule has 5 nitrogen and oxygen atoms in total. The second kappa shape index (κ2) is 11.9. The number of nitrogens with zero attached hydrogens (tertiary/aromatic N) is 4. The largest absolute Gasteiger partial charge is 0.456 e. The van der Waals surface area contributed by atoms with Crippen molar-refractivity contribution in [2.24, 2.45) is 0 Å². The summed E-state index contributed by atoms with van der Waals surface area (Å²) in [6.07, 6.45) is 0. The fraction of sp³-hybridized carbons (Fsp3) is 0. The lowest BCUT2D eigenvalue weighted by molar-refractivity contribution is 0.669. The normalized spacial score (nSPS) is 11.5. The minimum atomic E-state index is 0.514. The lowest BCUT2D eigenvalue weighted by Crippen LogP contribution is -2.01. The third-order valence-electron chi connectivity index (χ3n) is 9.52. The summed E-state index contributed by atoms with van der Waals surface area (Å²) in [6.45, 7) is 0. The quantitative estimate of drug-likeness (QED) is 0.185. The van der Waals surface area contributed by atoms with Crippen molar-refractivity contribution in [3.05, 3.63) is 170 Å². The van der Waals surface area contributed by atoms with E-state index in [1.807, 2.05) is 66.7 Å². The molecule has 238 valence electrons. The third kappa shape index (κ3) is 5.11. The maximum Gasteiger partial charge on any atom is 0.182 e. The number of furan rings is 1. The molecule has 5 heteroatoms. The SMILES string of the molecule is c1ccc(-c2nc(-c3ccc4oc5ccccc5c4c3)nc(-c3ccc4c(-c5cc(-c6ccccc6)c6ccccc6c5)cccc4n3)n2)cc1. The van der Waals surface area contributed by atoms with E-state index in [2.05, 4.69) is 103 Å². The van der Waals surface area contributed by atoms with E-state index in [0.717, 1.165) is 55.1 Å². The predicted molar refractivity (Wildman–Crippen MR) is 207 cm³/mol. The average Bonchev–Trinajstić information content (AvgIpc) is 3.58. The Morgan fingerprint density at radius 1 is 0.333 bits per heavy atom. The fourth-order valence-corrected chi connectivity index (χ4v) is 7.05. The molecule has 0 aliphatic rings. The summed E-state index contributed by atoms with van der Waals surface area (Å²) < 4.78 is 6.10. The van der Waals surface area contributed by atoms with Gasteiger partial charge in [-0.25, -0.2) is 19.9 Å². The number of fused-ring (bicyclic) bond motifs is 5. The highest BCUT2D eigenvalue weighted by molar-refractivity contribution is 6.06. The second-order valence-electron chi connectivity index (χ2n) is 12.7. The van der Waals surface area contributed by atoms with Gasteiger partial charge in [0.1, 0.15) is 16.9 Å². The Balaban J connectivity index is 1.12. The summed E-state index contributed by atoms with van der Waals surface area (Å²) in [6, 6.07) is 58.4. The van der Waals surface area contributed by atoms with Gasteiger partial charge >= 0.3 is 0 Å². The van der Waals surface area contributed by atoms with Gasteiger partial charge in [-0.1, -0.05) is 115 Å². The topological polar surface area (TPSA) is 64.7 Å². The molecular weight excluding hydrogens is 625 g/mol. The number of aromatic nitrogens is 4. The van der Waals surface area contributed by atoms with E-state index < -0.39 is 0 Å². The molecule has 10 aromatic rings. The van der Waals surface area contributed by atoms with Crippen molar-refractivity contribution in [3.63, 3.8) is 0 Å². The standard InChI is InChI=1S/C46H28N4O/c1-3-12-29(13-4-1)38-28-33(26-31-16-7-8-17-34(31)38)35-19-11-20-40-36(35)23-24-41(47-40)46-49-44(30-14-5-2-6-15-30)48-45(50-46)32-22-25-43-39(27-32)37-18-9-10-21-42(37)51-43/h1-28H. The van der Waals surface area contributed by atoms with Gasteiger partial charge in [0.2, 0.25) is 0 Å². The van der Waals surface area contributed by atoms with E-state index in [4.69, 9.17) is 24.4 Å². The van der Waals surface area contributed by atoms with Crippen LogP contribution in [0.2, 0.25) is 0 Å². The Bertz CT molecular complexity index is 2920. The van der Waals surface area contributed by atoms with E-state index >= 15 is 0 Å². The average molecular weight is 653 g/mol. The van der Waals surface area contributed by atoms with Crippen molar-refractivity contribution < 1.29 is 4.42 Å². The summed E-state index contributed by atoms with van der Waals surface area (Å²) in [4.78, 5) is 20.1. The summed E-state index contributed by atoms with van der Waals surface area (Å²) >= 11 is 0.